The first-order valence-corrected chi connectivity index (χ1v) is 6.65. The number of aryl methyl sites for hydroxylation is 1. The second-order valence-electron chi connectivity index (χ2n) is 4.95. The fraction of sp³-hybridized carbons (Fsp3) is 0.600. The number of anilines is 1. The number of nitrogens with zero attached hydrogens (tertiary/aromatic N) is 1. The molecule has 1 unspecified atom stereocenters. The highest BCUT2D eigenvalue weighted by atomic mass is 16.5. The Bertz CT molecular complexity index is 369. The van der Waals surface area contributed by atoms with Crippen LogP contribution < -0.4 is 4.90 Å². The zero-order valence-electron chi connectivity index (χ0n) is 11.2. The van der Waals surface area contributed by atoms with Crippen LogP contribution in [-0.2, 0) is 4.74 Å². The molecule has 1 aliphatic rings. The summed E-state index contributed by atoms with van der Waals surface area (Å²) in [5.74, 6) is 0.660. The molecule has 1 heterocycles. The van der Waals surface area contributed by atoms with E-state index in [-0.39, 0.29) is 0 Å². The van der Waals surface area contributed by atoms with Crippen LogP contribution >= 0.6 is 0 Å². The van der Waals surface area contributed by atoms with Crippen molar-refractivity contribution in [3.05, 3.63) is 29.3 Å². The largest absolute Gasteiger partial charge is 0.378 e. The van der Waals surface area contributed by atoms with Crippen LogP contribution in [0, 0.1) is 6.92 Å². The number of benzene rings is 1. The molecule has 2 heteroatoms. The smallest absolute Gasteiger partial charge is 0.0642 e. The maximum atomic E-state index is 5.40. The van der Waals surface area contributed by atoms with E-state index in [1.807, 2.05) is 0 Å². The van der Waals surface area contributed by atoms with Gasteiger partial charge >= 0.3 is 0 Å². The monoisotopic (exact) mass is 233 g/mol. The lowest BCUT2D eigenvalue weighted by atomic mass is 9.96. The minimum atomic E-state index is 0.660. The number of ether oxygens (including phenoxy) is 1. The first-order chi connectivity index (χ1) is 8.22. The van der Waals surface area contributed by atoms with Crippen molar-refractivity contribution in [1.29, 1.82) is 0 Å². The van der Waals surface area contributed by atoms with E-state index in [0.29, 0.717) is 5.92 Å². The molecule has 0 radical (unpaired) electrons. The molecule has 0 spiro atoms. The summed E-state index contributed by atoms with van der Waals surface area (Å²) in [5.41, 5.74) is 4.23. The van der Waals surface area contributed by atoms with Crippen molar-refractivity contribution in [2.24, 2.45) is 0 Å². The Hall–Kier alpha value is -1.02. The summed E-state index contributed by atoms with van der Waals surface area (Å²) in [5, 5.41) is 0. The van der Waals surface area contributed by atoms with Crippen molar-refractivity contribution < 1.29 is 4.74 Å². The van der Waals surface area contributed by atoms with Crippen LogP contribution in [0.4, 0.5) is 5.69 Å². The van der Waals surface area contributed by atoms with E-state index in [1.165, 1.54) is 23.2 Å². The highest BCUT2D eigenvalue weighted by molar-refractivity contribution is 5.55. The van der Waals surface area contributed by atoms with Crippen molar-refractivity contribution in [3.8, 4) is 0 Å². The Balaban J connectivity index is 2.18. The van der Waals surface area contributed by atoms with E-state index in [0.717, 1.165) is 26.3 Å². The van der Waals surface area contributed by atoms with Gasteiger partial charge in [0.25, 0.3) is 0 Å². The summed E-state index contributed by atoms with van der Waals surface area (Å²) in [6.45, 7) is 10.5. The summed E-state index contributed by atoms with van der Waals surface area (Å²) >= 11 is 0. The van der Waals surface area contributed by atoms with E-state index in [1.54, 1.807) is 0 Å². The van der Waals surface area contributed by atoms with Crippen LogP contribution in [0.3, 0.4) is 0 Å². The predicted octanol–water partition coefficient (Wildman–Crippen LogP) is 3.35. The second-order valence-corrected chi connectivity index (χ2v) is 4.95. The minimum absolute atomic E-state index is 0.660. The van der Waals surface area contributed by atoms with Gasteiger partial charge in [-0.3, -0.25) is 0 Å². The van der Waals surface area contributed by atoms with Gasteiger partial charge in [-0.25, -0.2) is 0 Å². The molecular formula is C15H23NO. The summed E-state index contributed by atoms with van der Waals surface area (Å²) in [4.78, 5) is 2.43. The third-order valence-electron chi connectivity index (χ3n) is 3.75. The van der Waals surface area contributed by atoms with Gasteiger partial charge in [-0.2, -0.15) is 0 Å². The highest BCUT2D eigenvalue weighted by Crippen LogP contribution is 2.26. The fourth-order valence-electron chi connectivity index (χ4n) is 2.38. The molecular weight excluding hydrogens is 210 g/mol. The van der Waals surface area contributed by atoms with Crippen LogP contribution in [0.5, 0.6) is 0 Å². The standard InChI is InChI=1S/C15H23NO/c1-4-12(2)14-5-6-15(13(3)11-14)16-7-9-17-10-8-16/h5-6,11-12H,4,7-10H2,1-3H3. The lowest BCUT2D eigenvalue weighted by Crippen LogP contribution is -2.36. The third-order valence-corrected chi connectivity index (χ3v) is 3.75. The predicted molar refractivity (Wildman–Crippen MR) is 72.9 cm³/mol. The summed E-state index contributed by atoms with van der Waals surface area (Å²) < 4.78 is 5.40. The van der Waals surface area contributed by atoms with Gasteiger partial charge in [0.05, 0.1) is 13.2 Å². The van der Waals surface area contributed by atoms with Gasteiger partial charge in [-0.15, -0.1) is 0 Å². The molecule has 2 nitrogen and oxygen atoms in total. The molecule has 94 valence electrons. The maximum Gasteiger partial charge on any atom is 0.0642 e. The molecule has 0 saturated carbocycles. The van der Waals surface area contributed by atoms with Crippen LogP contribution in [0.2, 0.25) is 0 Å². The molecule has 1 aliphatic heterocycles. The number of hydrogen-bond donors (Lipinski definition) is 0. The minimum Gasteiger partial charge on any atom is -0.378 e. The Labute approximate surface area is 105 Å². The maximum absolute atomic E-state index is 5.40. The van der Waals surface area contributed by atoms with Crippen molar-refractivity contribution in [3.63, 3.8) is 0 Å². The van der Waals surface area contributed by atoms with Crippen molar-refractivity contribution in [1.82, 2.24) is 0 Å². The number of hydrogen-bond acceptors (Lipinski definition) is 2. The molecule has 1 aromatic carbocycles. The van der Waals surface area contributed by atoms with Crippen LogP contribution in [0.1, 0.15) is 37.3 Å². The Morgan fingerprint density at radius 2 is 2.00 bits per heavy atom. The van der Waals surface area contributed by atoms with Gasteiger partial charge in [-0.05, 0) is 36.5 Å². The molecule has 17 heavy (non-hydrogen) atoms. The molecule has 0 aromatic heterocycles. The van der Waals surface area contributed by atoms with Crippen LogP contribution in [0.25, 0.3) is 0 Å². The summed E-state index contributed by atoms with van der Waals surface area (Å²) in [6.07, 6.45) is 1.20. The molecule has 0 amide bonds. The first-order valence-electron chi connectivity index (χ1n) is 6.65. The van der Waals surface area contributed by atoms with Crippen molar-refractivity contribution >= 4 is 5.69 Å². The average molecular weight is 233 g/mol. The molecule has 0 N–H and O–H groups in total. The molecule has 1 saturated heterocycles. The Morgan fingerprint density at radius 1 is 1.29 bits per heavy atom. The quantitative estimate of drug-likeness (QED) is 0.794. The first kappa shape index (κ1) is 12.4. The lowest BCUT2D eigenvalue weighted by molar-refractivity contribution is 0.122. The average Bonchev–Trinajstić information content (AvgIpc) is 2.38. The zero-order valence-corrected chi connectivity index (χ0v) is 11.2. The number of morpholine rings is 1. The van der Waals surface area contributed by atoms with Gasteiger partial charge < -0.3 is 9.64 Å². The Morgan fingerprint density at radius 3 is 2.59 bits per heavy atom. The van der Waals surface area contributed by atoms with Gasteiger partial charge in [0, 0.05) is 18.8 Å². The number of rotatable bonds is 3. The van der Waals surface area contributed by atoms with E-state index >= 15 is 0 Å². The summed E-state index contributed by atoms with van der Waals surface area (Å²) in [6, 6.07) is 6.91. The van der Waals surface area contributed by atoms with Crippen molar-refractivity contribution in [2.45, 2.75) is 33.1 Å². The van der Waals surface area contributed by atoms with Gasteiger partial charge in [0.2, 0.25) is 0 Å². The van der Waals surface area contributed by atoms with E-state index < -0.39 is 0 Å². The van der Waals surface area contributed by atoms with Crippen LogP contribution in [-0.4, -0.2) is 26.3 Å². The fourth-order valence-corrected chi connectivity index (χ4v) is 2.38. The van der Waals surface area contributed by atoms with Gasteiger partial charge in [0.15, 0.2) is 0 Å². The zero-order chi connectivity index (χ0) is 12.3. The Kier molecular flexibility index (Phi) is 4.06. The molecule has 0 aliphatic carbocycles. The van der Waals surface area contributed by atoms with Crippen LogP contribution in [0.15, 0.2) is 18.2 Å². The molecule has 0 bridgehead atoms. The SMILES string of the molecule is CCC(C)c1ccc(N2CCOCC2)c(C)c1. The van der Waals surface area contributed by atoms with E-state index in [2.05, 4.69) is 43.9 Å². The van der Waals surface area contributed by atoms with Crippen molar-refractivity contribution in [2.75, 3.05) is 31.2 Å². The molecule has 1 aromatic rings. The second kappa shape index (κ2) is 5.54. The molecule has 1 fully saturated rings. The molecule has 2 rings (SSSR count). The summed E-state index contributed by atoms with van der Waals surface area (Å²) in [7, 11) is 0. The third kappa shape index (κ3) is 2.81. The highest BCUT2D eigenvalue weighted by Gasteiger charge is 2.14. The molecule has 1 atom stereocenters. The van der Waals surface area contributed by atoms with E-state index in [4.69, 9.17) is 4.74 Å². The lowest BCUT2D eigenvalue weighted by Gasteiger charge is -2.30. The topological polar surface area (TPSA) is 12.5 Å². The van der Waals surface area contributed by atoms with Gasteiger partial charge in [-0.1, -0.05) is 26.0 Å². The van der Waals surface area contributed by atoms with Gasteiger partial charge in [0.1, 0.15) is 0 Å². The van der Waals surface area contributed by atoms with E-state index in [9.17, 15) is 0 Å². The normalized spacial score (nSPS) is 18.2.